The summed E-state index contributed by atoms with van der Waals surface area (Å²) in [6, 6.07) is 1.32. The van der Waals surface area contributed by atoms with Crippen molar-refractivity contribution in [2.75, 3.05) is 5.73 Å². The highest BCUT2D eigenvalue weighted by Gasteiger charge is 2.22. The summed E-state index contributed by atoms with van der Waals surface area (Å²) in [5.41, 5.74) is 4.75. The van der Waals surface area contributed by atoms with Gasteiger partial charge in [-0.2, -0.15) is 0 Å². The van der Waals surface area contributed by atoms with E-state index in [2.05, 4.69) is 25.6 Å². The van der Waals surface area contributed by atoms with Gasteiger partial charge in [-0.15, -0.1) is 0 Å². The van der Waals surface area contributed by atoms with E-state index in [0.717, 1.165) is 0 Å². The van der Waals surface area contributed by atoms with Crippen LogP contribution in [0.2, 0.25) is 0 Å². The molecular formula is C8H4BrFN2O3. The fraction of sp³-hybridized carbons (Fsp3) is 0. The highest BCUT2D eigenvalue weighted by atomic mass is 79.9. The van der Waals surface area contributed by atoms with Crippen molar-refractivity contribution < 1.29 is 18.8 Å². The number of aromatic carboxylic acids is 1. The molecule has 0 atom stereocenters. The number of nitrogens with two attached hydrogens (primary N) is 1. The first-order chi connectivity index (χ1) is 7.02. The third-order valence-electron chi connectivity index (χ3n) is 1.91. The number of anilines is 1. The minimum atomic E-state index is -1.42. The molecule has 0 aliphatic carbocycles. The zero-order valence-electron chi connectivity index (χ0n) is 7.12. The Labute approximate surface area is 90.8 Å². The minimum Gasteiger partial charge on any atom is -0.478 e. The van der Waals surface area contributed by atoms with Crippen molar-refractivity contribution in [2.24, 2.45) is 0 Å². The van der Waals surface area contributed by atoms with Gasteiger partial charge in [-0.1, -0.05) is 5.16 Å². The van der Waals surface area contributed by atoms with Crippen molar-refractivity contribution in [3.05, 3.63) is 21.9 Å². The lowest BCUT2D eigenvalue weighted by atomic mass is 10.1. The van der Waals surface area contributed by atoms with E-state index in [-0.39, 0.29) is 21.3 Å². The number of carboxylic acids is 1. The highest BCUT2D eigenvalue weighted by Crippen LogP contribution is 2.30. The Kier molecular flexibility index (Phi) is 2.11. The lowest BCUT2D eigenvalue weighted by molar-refractivity contribution is 0.0693. The van der Waals surface area contributed by atoms with Crippen LogP contribution in [0.25, 0.3) is 10.9 Å². The van der Waals surface area contributed by atoms with Gasteiger partial charge in [-0.05, 0) is 22.0 Å². The maximum atomic E-state index is 13.4. The number of nitrogen functional groups attached to an aromatic ring is 1. The molecule has 1 aromatic carbocycles. The summed E-state index contributed by atoms with van der Waals surface area (Å²) in [6.45, 7) is 0. The molecule has 0 amide bonds. The second-order valence-corrected chi connectivity index (χ2v) is 3.65. The van der Waals surface area contributed by atoms with Crippen LogP contribution in [0.4, 0.5) is 10.3 Å². The summed E-state index contributed by atoms with van der Waals surface area (Å²) in [4.78, 5) is 10.8. The van der Waals surface area contributed by atoms with Crippen molar-refractivity contribution in [2.45, 2.75) is 0 Å². The first-order valence-electron chi connectivity index (χ1n) is 3.78. The molecule has 0 unspecified atom stereocenters. The van der Waals surface area contributed by atoms with Crippen molar-refractivity contribution in [1.29, 1.82) is 0 Å². The Morgan fingerprint density at radius 3 is 2.93 bits per heavy atom. The van der Waals surface area contributed by atoms with Gasteiger partial charge in [0.15, 0.2) is 5.82 Å². The zero-order chi connectivity index (χ0) is 11.2. The largest absolute Gasteiger partial charge is 0.478 e. The van der Waals surface area contributed by atoms with Crippen molar-refractivity contribution in [1.82, 2.24) is 5.16 Å². The van der Waals surface area contributed by atoms with E-state index in [0.29, 0.717) is 0 Å². The molecule has 78 valence electrons. The number of halogens is 2. The van der Waals surface area contributed by atoms with E-state index in [1.165, 1.54) is 6.07 Å². The first-order valence-corrected chi connectivity index (χ1v) is 4.58. The Morgan fingerprint density at radius 1 is 1.67 bits per heavy atom. The van der Waals surface area contributed by atoms with Crippen molar-refractivity contribution in [3.63, 3.8) is 0 Å². The van der Waals surface area contributed by atoms with E-state index < -0.39 is 17.3 Å². The molecule has 1 aromatic heterocycles. The second kappa shape index (κ2) is 3.20. The third-order valence-corrected chi connectivity index (χ3v) is 2.48. The van der Waals surface area contributed by atoms with E-state index >= 15 is 0 Å². The average molecular weight is 275 g/mol. The van der Waals surface area contributed by atoms with Crippen LogP contribution in [0.1, 0.15) is 10.4 Å². The van der Waals surface area contributed by atoms with Crippen molar-refractivity contribution >= 4 is 38.7 Å². The predicted octanol–water partition coefficient (Wildman–Crippen LogP) is 2.01. The smallest absolute Gasteiger partial charge is 0.341 e. The van der Waals surface area contributed by atoms with Crippen molar-refractivity contribution in [3.8, 4) is 0 Å². The molecule has 0 saturated carbocycles. The second-order valence-electron chi connectivity index (χ2n) is 2.80. The summed E-state index contributed by atoms with van der Waals surface area (Å²) in [6.07, 6.45) is 0. The number of carbonyl (C=O) groups is 1. The quantitative estimate of drug-likeness (QED) is 0.830. The number of nitrogens with zero attached hydrogens (tertiary/aromatic N) is 1. The fourth-order valence-electron chi connectivity index (χ4n) is 1.24. The van der Waals surface area contributed by atoms with Gasteiger partial charge in [-0.25, -0.2) is 9.18 Å². The maximum absolute atomic E-state index is 13.4. The van der Waals surface area contributed by atoms with Crippen LogP contribution in [-0.4, -0.2) is 16.2 Å². The van der Waals surface area contributed by atoms with Gasteiger partial charge < -0.3 is 15.4 Å². The molecular weight excluding hydrogens is 271 g/mol. The predicted molar refractivity (Wildman–Crippen MR) is 53.0 cm³/mol. The molecule has 2 aromatic rings. The summed E-state index contributed by atoms with van der Waals surface area (Å²) in [5.74, 6) is -2.37. The van der Waals surface area contributed by atoms with Gasteiger partial charge >= 0.3 is 5.97 Å². The minimum absolute atomic E-state index is 0.00213. The molecule has 0 saturated heterocycles. The summed E-state index contributed by atoms with van der Waals surface area (Å²) < 4.78 is 18.0. The SMILES string of the molecule is Nc1onc2c(C(=O)O)c(F)c(Br)cc12. The molecule has 0 aliphatic heterocycles. The van der Waals surface area contributed by atoms with E-state index in [1.54, 1.807) is 0 Å². The molecule has 0 radical (unpaired) electrons. The van der Waals surface area contributed by atoms with Gasteiger partial charge in [0.2, 0.25) is 5.88 Å². The van der Waals surface area contributed by atoms with Crippen LogP contribution >= 0.6 is 15.9 Å². The molecule has 1 heterocycles. The molecule has 0 fully saturated rings. The number of hydrogen-bond acceptors (Lipinski definition) is 4. The number of benzene rings is 1. The monoisotopic (exact) mass is 274 g/mol. The molecule has 15 heavy (non-hydrogen) atoms. The Balaban J connectivity index is 2.97. The number of hydrogen-bond donors (Lipinski definition) is 2. The Morgan fingerprint density at radius 2 is 2.33 bits per heavy atom. The lowest BCUT2D eigenvalue weighted by Gasteiger charge is -2.00. The number of rotatable bonds is 1. The van der Waals surface area contributed by atoms with Crippen LogP contribution in [0.3, 0.4) is 0 Å². The topological polar surface area (TPSA) is 89.4 Å². The lowest BCUT2D eigenvalue weighted by Crippen LogP contribution is -2.02. The fourth-order valence-corrected chi connectivity index (χ4v) is 1.67. The van der Waals surface area contributed by atoms with E-state index in [9.17, 15) is 9.18 Å². The average Bonchev–Trinajstić information content (AvgIpc) is 2.49. The van der Waals surface area contributed by atoms with Crippen LogP contribution in [0.5, 0.6) is 0 Å². The maximum Gasteiger partial charge on any atom is 0.341 e. The number of carboxylic acid groups (broad SMARTS) is 1. The van der Waals surface area contributed by atoms with Gasteiger partial charge in [0, 0.05) is 0 Å². The van der Waals surface area contributed by atoms with E-state index in [4.69, 9.17) is 10.8 Å². The zero-order valence-corrected chi connectivity index (χ0v) is 8.71. The molecule has 5 nitrogen and oxygen atoms in total. The first kappa shape index (κ1) is 9.91. The van der Waals surface area contributed by atoms with Gasteiger partial charge in [0.1, 0.15) is 11.1 Å². The molecule has 3 N–H and O–H groups in total. The van der Waals surface area contributed by atoms with Gasteiger partial charge in [0.05, 0.1) is 9.86 Å². The molecule has 2 rings (SSSR count). The van der Waals surface area contributed by atoms with Gasteiger partial charge in [0.25, 0.3) is 0 Å². The molecule has 0 spiro atoms. The number of fused-ring (bicyclic) bond motifs is 1. The molecule has 0 aliphatic rings. The Hall–Kier alpha value is -1.63. The standard InChI is InChI=1S/C8H4BrFN2O3/c9-3-1-2-6(12-15-7(2)11)4(5(3)10)8(13)14/h1H,11H2,(H,13,14). The van der Waals surface area contributed by atoms with Gasteiger partial charge in [-0.3, -0.25) is 0 Å². The van der Waals surface area contributed by atoms with Crippen LogP contribution in [-0.2, 0) is 0 Å². The summed E-state index contributed by atoms with van der Waals surface area (Å²) in [7, 11) is 0. The Bertz CT molecular complexity index is 567. The highest BCUT2D eigenvalue weighted by molar-refractivity contribution is 9.10. The normalized spacial score (nSPS) is 10.8. The summed E-state index contributed by atoms with van der Waals surface area (Å²) >= 11 is 2.89. The third kappa shape index (κ3) is 1.35. The molecule has 7 heteroatoms. The number of aromatic nitrogens is 1. The summed E-state index contributed by atoms with van der Waals surface area (Å²) in [5, 5.41) is 12.5. The van der Waals surface area contributed by atoms with Crippen LogP contribution in [0.15, 0.2) is 15.1 Å². The molecule has 0 bridgehead atoms. The van der Waals surface area contributed by atoms with Crippen LogP contribution < -0.4 is 5.73 Å². The van der Waals surface area contributed by atoms with Crippen LogP contribution in [0, 0.1) is 5.82 Å². The van der Waals surface area contributed by atoms with E-state index in [1.807, 2.05) is 0 Å².